The molecule has 1 fully saturated rings. The van der Waals surface area contributed by atoms with Gasteiger partial charge >= 0.3 is 5.97 Å². The van der Waals surface area contributed by atoms with Crippen molar-refractivity contribution in [1.82, 2.24) is 4.72 Å². The Labute approximate surface area is 128 Å². The summed E-state index contributed by atoms with van der Waals surface area (Å²) < 4.78 is 9.24. The van der Waals surface area contributed by atoms with Gasteiger partial charge in [0.2, 0.25) is 0 Å². The van der Waals surface area contributed by atoms with Gasteiger partial charge in [-0.05, 0) is 49.3 Å². The van der Waals surface area contributed by atoms with E-state index in [2.05, 4.69) is 30.4 Å². The van der Waals surface area contributed by atoms with Crippen LogP contribution in [0.15, 0.2) is 30.3 Å². The Balaban J connectivity index is 2.07. The zero-order valence-corrected chi connectivity index (χ0v) is 14.7. The molecule has 0 radical (unpaired) electrons. The second-order valence-corrected chi connectivity index (χ2v) is 14.9. The number of esters is 1. The molecule has 4 heteroatoms. The first-order valence-electron chi connectivity index (χ1n) is 7.59. The number of carbonyl (C=O) groups excluding carboxylic acids is 1. The zero-order valence-electron chi connectivity index (χ0n) is 13.8. The van der Waals surface area contributed by atoms with Crippen molar-refractivity contribution < 1.29 is 9.53 Å². The Hall–Kier alpha value is -1.00. The number of hydrogen-bond donors (Lipinski definition) is 2. The van der Waals surface area contributed by atoms with Gasteiger partial charge in [-0.2, -0.15) is 0 Å². The van der Waals surface area contributed by atoms with Gasteiger partial charge < -0.3 is 4.74 Å². The highest BCUT2D eigenvalue weighted by Crippen LogP contribution is 2.61. The van der Waals surface area contributed by atoms with E-state index in [-0.39, 0.29) is 5.97 Å². The van der Waals surface area contributed by atoms with Crippen LogP contribution in [0.3, 0.4) is 0 Å². The van der Waals surface area contributed by atoms with Crippen molar-refractivity contribution in [3.8, 4) is 0 Å². The summed E-state index contributed by atoms with van der Waals surface area (Å²) in [5.74, 6) is 1.59. The van der Waals surface area contributed by atoms with Gasteiger partial charge in [-0.1, -0.05) is 37.3 Å². The highest BCUT2D eigenvalue weighted by molar-refractivity contribution is 8.46. The summed E-state index contributed by atoms with van der Waals surface area (Å²) in [7, 11) is -1.98. The molecule has 1 unspecified atom stereocenters. The average molecular weight is 311 g/mol. The maximum atomic E-state index is 12.6. The highest BCUT2D eigenvalue weighted by atomic mass is 32.3. The topological polar surface area (TPSA) is 38.3 Å². The van der Waals surface area contributed by atoms with E-state index >= 15 is 0 Å². The number of thiol groups is 1. The van der Waals surface area contributed by atoms with Crippen LogP contribution in [0.2, 0.25) is 0 Å². The van der Waals surface area contributed by atoms with Crippen LogP contribution < -0.4 is 4.72 Å². The molecular formula is C17H29NO2S. The van der Waals surface area contributed by atoms with E-state index < -0.39 is 14.9 Å². The summed E-state index contributed by atoms with van der Waals surface area (Å²) in [6.07, 6.45) is 7.73. The first kappa shape index (κ1) is 16.4. The molecule has 0 aliphatic carbocycles. The van der Waals surface area contributed by atoms with Gasteiger partial charge in [-0.3, -0.25) is 18.9 Å². The molecule has 0 spiro atoms. The molecule has 0 bridgehead atoms. The van der Waals surface area contributed by atoms with Gasteiger partial charge in [0.25, 0.3) is 0 Å². The molecule has 1 aliphatic rings. The van der Waals surface area contributed by atoms with Gasteiger partial charge in [0.1, 0.15) is 12.1 Å². The van der Waals surface area contributed by atoms with Gasteiger partial charge in [-0.25, -0.2) is 0 Å². The lowest BCUT2D eigenvalue weighted by atomic mass is 9.91. The first-order chi connectivity index (χ1) is 9.57. The summed E-state index contributed by atoms with van der Waals surface area (Å²) in [4.78, 5) is 12.6. The molecule has 21 heavy (non-hydrogen) atoms. The van der Waals surface area contributed by atoms with Crippen molar-refractivity contribution in [2.75, 3.05) is 24.5 Å². The second-order valence-electron chi connectivity index (χ2n) is 8.12. The molecular weight excluding hydrogens is 282 g/mol. The monoisotopic (exact) mass is 311 g/mol. The van der Waals surface area contributed by atoms with Crippen LogP contribution in [-0.2, 0) is 16.1 Å². The standard InChI is InChI=1S/C17H29NO2S/c1-14-11-17(2,18-21(3,4,5)13-14)16(19)20-12-15-9-7-6-8-10-15/h6-10,14,18,21H,11-13H2,1-5H3/t14-,17?/m1/s1. The second kappa shape index (κ2) is 5.33. The Morgan fingerprint density at radius 3 is 2.52 bits per heavy atom. The predicted octanol–water partition coefficient (Wildman–Crippen LogP) is 2.99. The molecule has 1 aromatic carbocycles. The van der Waals surface area contributed by atoms with Gasteiger partial charge in [0.15, 0.2) is 0 Å². The third kappa shape index (κ3) is 4.24. The minimum absolute atomic E-state index is 0.127. The molecule has 120 valence electrons. The van der Waals surface area contributed by atoms with Gasteiger partial charge in [0, 0.05) is 0 Å². The lowest BCUT2D eigenvalue weighted by Gasteiger charge is -2.62. The number of hydrogen-bond acceptors (Lipinski definition) is 3. The fourth-order valence-corrected chi connectivity index (χ4v) is 8.28. The van der Waals surface area contributed by atoms with Gasteiger partial charge in [-0.15, -0.1) is 0 Å². The van der Waals surface area contributed by atoms with E-state index in [0.29, 0.717) is 12.5 Å². The van der Waals surface area contributed by atoms with E-state index in [1.165, 1.54) is 5.75 Å². The number of ether oxygens (including phenoxy) is 1. The molecule has 1 aliphatic heterocycles. The fraction of sp³-hybridized carbons (Fsp3) is 0.588. The van der Waals surface area contributed by atoms with E-state index in [9.17, 15) is 4.79 Å². The fourth-order valence-electron chi connectivity index (χ4n) is 3.87. The summed E-state index contributed by atoms with van der Waals surface area (Å²) >= 11 is 0. The predicted molar refractivity (Wildman–Crippen MR) is 93.2 cm³/mol. The number of benzene rings is 1. The molecule has 0 saturated carbocycles. The number of nitrogens with one attached hydrogen (secondary N) is 1. The molecule has 0 amide bonds. The maximum absolute atomic E-state index is 12.6. The lowest BCUT2D eigenvalue weighted by molar-refractivity contribution is -0.152. The van der Waals surface area contributed by atoms with E-state index in [1.807, 2.05) is 37.3 Å². The molecule has 1 saturated heterocycles. The molecule has 2 rings (SSSR count). The minimum atomic E-state index is -1.98. The van der Waals surface area contributed by atoms with Crippen molar-refractivity contribution in [2.45, 2.75) is 32.4 Å². The molecule has 1 heterocycles. The van der Waals surface area contributed by atoms with Crippen LogP contribution in [0.25, 0.3) is 0 Å². The molecule has 1 aromatic rings. The molecule has 2 atom stereocenters. The SMILES string of the molecule is C[C@@H]1CC(C)(C(=O)OCc2ccccc2)N[SH](C)(C)(C)C1. The highest BCUT2D eigenvalue weighted by Gasteiger charge is 2.47. The number of carbonyl (C=O) groups is 1. The van der Waals surface area contributed by atoms with E-state index in [4.69, 9.17) is 4.74 Å². The van der Waals surface area contributed by atoms with Crippen molar-refractivity contribution in [1.29, 1.82) is 0 Å². The van der Waals surface area contributed by atoms with Crippen LogP contribution in [0.1, 0.15) is 25.8 Å². The smallest absolute Gasteiger partial charge is 0.327 e. The van der Waals surface area contributed by atoms with Gasteiger partial charge in [0.05, 0.1) is 0 Å². The normalized spacial score (nSPS) is 32.6. The van der Waals surface area contributed by atoms with E-state index in [0.717, 1.165) is 12.0 Å². The number of rotatable bonds is 3. The Morgan fingerprint density at radius 2 is 1.95 bits per heavy atom. The zero-order chi connectivity index (χ0) is 15.8. The van der Waals surface area contributed by atoms with Crippen LogP contribution in [0.4, 0.5) is 0 Å². The van der Waals surface area contributed by atoms with Crippen molar-refractivity contribution in [3.63, 3.8) is 0 Å². The minimum Gasteiger partial charge on any atom is -0.459 e. The Kier molecular flexibility index (Phi) is 4.15. The van der Waals surface area contributed by atoms with E-state index in [1.54, 1.807) is 0 Å². The lowest BCUT2D eigenvalue weighted by Crippen LogP contribution is -2.60. The van der Waals surface area contributed by atoms with Crippen LogP contribution in [0.5, 0.6) is 0 Å². The van der Waals surface area contributed by atoms with Crippen LogP contribution in [0, 0.1) is 5.92 Å². The molecule has 3 nitrogen and oxygen atoms in total. The largest absolute Gasteiger partial charge is 0.459 e. The molecule has 0 aromatic heterocycles. The summed E-state index contributed by atoms with van der Waals surface area (Å²) in [5.41, 5.74) is 0.461. The van der Waals surface area contributed by atoms with Crippen LogP contribution >= 0.6 is 9.35 Å². The summed E-state index contributed by atoms with van der Waals surface area (Å²) in [5, 5.41) is 0. The summed E-state index contributed by atoms with van der Waals surface area (Å²) in [6, 6.07) is 9.84. The molecule has 1 N–H and O–H groups in total. The third-order valence-electron chi connectivity index (χ3n) is 4.03. The average Bonchev–Trinajstić information content (AvgIpc) is 2.33. The van der Waals surface area contributed by atoms with Crippen LogP contribution in [-0.4, -0.2) is 36.0 Å². The van der Waals surface area contributed by atoms with Crippen molar-refractivity contribution in [3.05, 3.63) is 35.9 Å². The third-order valence-corrected chi connectivity index (χ3v) is 7.26. The quantitative estimate of drug-likeness (QED) is 0.666. The van der Waals surface area contributed by atoms with Crippen molar-refractivity contribution >= 4 is 15.3 Å². The maximum Gasteiger partial charge on any atom is 0.327 e. The Morgan fingerprint density at radius 1 is 1.33 bits per heavy atom. The van der Waals surface area contributed by atoms with Crippen molar-refractivity contribution in [2.24, 2.45) is 5.92 Å². The summed E-state index contributed by atoms with van der Waals surface area (Å²) in [6.45, 7) is 4.58. The Bertz CT molecular complexity index is 521. The first-order valence-corrected chi connectivity index (χ1v) is 11.4.